The third-order valence-electron chi connectivity index (χ3n) is 2.10. The molecule has 0 heterocycles. The average molecular weight is 217 g/mol. The van der Waals surface area contributed by atoms with E-state index in [4.69, 9.17) is 22.7 Å². The average Bonchev–Trinajstić information content (AvgIpc) is 2.26. The molecule has 0 atom stereocenters. The van der Waals surface area contributed by atoms with Crippen LogP contribution in [0, 0.1) is 0 Å². The van der Waals surface area contributed by atoms with E-state index < -0.39 is 0 Å². The predicted octanol–water partition coefficient (Wildman–Crippen LogP) is 2.50. The summed E-state index contributed by atoms with van der Waals surface area (Å²) in [5.41, 5.74) is 5.36. The van der Waals surface area contributed by atoms with Crippen molar-refractivity contribution in [3.63, 3.8) is 0 Å². The number of benzene rings is 2. The van der Waals surface area contributed by atoms with E-state index in [0.29, 0.717) is 4.99 Å². The van der Waals surface area contributed by atoms with E-state index in [1.807, 2.05) is 36.4 Å². The number of ether oxygens (including phenoxy) is 1. The Labute approximate surface area is 93.7 Å². The summed E-state index contributed by atoms with van der Waals surface area (Å²) in [7, 11) is 0. The lowest BCUT2D eigenvalue weighted by molar-refractivity contribution is 0.378. The first kappa shape index (κ1) is 9.93. The first-order valence-corrected chi connectivity index (χ1v) is 5.06. The third kappa shape index (κ3) is 2.44. The van der Waals surface area contributed by atoms with E-state index in [1.165, 1.54) is 5.39 Å². The number of rotatable bonds is 3. The van der Waals surface area contributed by atoms with Gasteiger partial charge in [-0.2, -0.15) is 0 Å². The minimum atomic E-state index is 0.285. The summed E-state index contributed by atoms with van der Waals surface area (Å²) in [6, 6.07) is 14.0. The maximum Gasteiger partial charge on any atom is 0.138 e. The molecule has 2 aromatic rings. The van der Waals surface area contributed by atoms with Crippen LogP contribution in [0.4, 0.5) is 0 Å². The summed E-state index contributed by atoms with van der Waals surface area (Å²) in [5.74, 6) is 0.793. The van der Waals surface area contributed by atoms with Gasteiger partial charge in [0, 0.05) is 0 Å². The molecule has 2 rings (SSSR count). The van der Waals surface area contributed by atoms with Crippen LogP contribution < -0.4 is 10.5 Å². The SMILES string of the molecule is NC(=S)COc1ccc2ccccc2c1. The third-order valence-corrected chi connectivity index (χ3v) is 2.22. The molecule has 2 aromatic carbocycles. The topological polar surface area (TPSA) is 35.2 Å². The van der Waals surface area contributed by atoms with Crippen molar-refractivity contribution in [1.82, 2.24) is 0 Å². The van der Waals surface area contributed by atoms with E-state index in [-0.39, 0.29) is 6.61 Å². The summed E-state index contributed by atoms with van der Waals surface area (Å²) in [6.45, 7) is 0.285. The van der Waals surface area contributed by atoms with Crippen molar-refractivity contribution in [3.8, 4) is 5.75 Å². The molecule has 0 aliphatic heterocycles. The highest BCUT2D eigenvalue weighted by Crippen LogP contribution is 2.20. The van der Waals surface area contributed by atoms with E-state index in [2.05, 4.69) is 6.07 Å². The Morgan fingerprint density at radius 3 is 2.60 bits per heavy atom. The Morgan fingerprint density at radius 1 is 1.13 bits per heavy atom. The Morgan fingerprint density at radius 2 is 1.87 bits per heavy atom. The molecule has 0 spiro atoms. The minimum Gasteiger partial charge on any atom is -0.486 e. The van der Waals surface area contributed by atoms with Gasteiger partial charge in [0.25, 0.3) is 0 Å². The number of thiocarbonyl (C=S) groups is 1. The maximum atomic E-state index is 5.41. The van der Waals surface area contributed by atoms with E-state index in [1.54, 1.807) is 0 Å². The smallest absolute Gasteiger partial charge is 0.138 e. The summed E-state index contributed by atoms with van der Waals surface area (Å²) in [4.78, 5) is 0.364. The Bertz CT molecular complexity index is 496. The van der Waals surface area contributed by atoms with Crippen LogP contribution >= 0.6 is 12.2 Å². The van der Waals surface area contributed by atoms with Crippen LogP contribution in [-0.2, 0) is 0 Å². The fraction of sp³-hybridized carbons (Fsp3) is 0.0833. The largest absolute Gasteiger partial charge is 0.486 e. The van der Waals surface area contributed by atoms with Gasteiger partial charge in [-0.3, -0.25) is 0 Å². The van der Waals surface area contributed by atoms with Crippen LogP contribution in [0.15, 0.2) is 42.5 Å². The fourth-order valence-corrected chi connectivity index (χ4v) is 1.47. The molecule has 76 valence electrons. The zero-order chi connectivity index (χ0) is 10.7. The van der Waals surface area contributed by atoms with Crippen LogP contribution in [-0.4, -0.2) is 11.6 Å². The molecule has 0 aliphatic rings. The van der Waals surface area contributed by atoms with Crippen molar-refractivity contribution in [2.45, 2.75) is 0 Å². The van der Waals surface area contributed by atoms with Crippen molar-refractivity contribution in [3.05, 3.63) is 42.5 Å². The van der Waals surface area contributed by atoms with Gasteiger partial charge in [-0.05, 0) is 22.9 Å². The summed E-state index contributed by atoms with van der Waals surface area (Å²) in [6.07, 6.45) is 0. The second-order valence-corrected chi connectivity index (χ2v) is 3.79. The quantitative estimate of drug-likeness (QED) is 0.802. The number of nitrogens with two attached hydrogens (primary N) is 1. The monoisotopic (exact) mass is 217 g/mol. The van der Waals surface area contributed by atoms with Gasteiger partial charge in [0.15, 0.2) is 0 Å². The highest BCUT2D eigenvalue weighted by molar-refractivity contribution is 7.80. The molecule has 3 heteroatoms. The molecule has 0 aliphatic carbocycles. The highest BCUT2D eigenvalue weighted by atomic mass is 32.1. The number of fused-ring (bicyclic) bond motifs is 1. The zero-order valence-corrected chi connectivity index (χ0v) is 8.96. The molecule has 2 N–H and O–H groups in total. The highest BCUT2D eigenvalue weighted by Gasteiger charge is 1.97. The van der Waals surface area contributed by atoms with Crippen molar-refractivity contribution >= 4 is 28.0 Å². The molecule has 0 amide bonds. The second-order valence-electron chi connectivity index (χ2n) is 3.26. The van der Waals surface area contributed by atoms with Gasteiger partial charge in [-0.15, -0.1) is 0 Å². The van der Waals surface area contributed by atoms with E-state index >= 15 is 0 Å². The van der Waals surface area contributed by atoms with Crippen LogP contribution in [0.2, 0.25) is 0 Å². The summed E-state index contributed by atoms with van der Waals surface area (Å²) >= 11 is 4.74. The number of hydrogen-bond acceptors (Lipinski definition) is 2. The Kier molecular flexibility index (Phi) is 2.83. The Hall–Kier alpha value is -1.61. The van der Waals surface area contributed by atoms with Gasteiger partial charge in [0.2, 0.25) is 0 Å². The van der Waals surface area contributed by atoms with Crippen molar-refractivity contribution in [1.29, 1.82) is 0 Å². The molecule has 15 heavy (non-hydrogen) atoms. The molecule has 0 unspecified atom stereocenters. The molecule has 0 radical (unpaired) electrons. The molecule has 0 aromatic heterocycles. The van der Waals surface area contributed by atoms with Gasteiger partial charge >= 0.3 is 0 Å². The van der Waals surface area contributed by atoms with Gasteiger partial charge < -0.3 is 10.5 Å². The van der Waals surface area contributed by atoms with Gasteiger partial charge in [-0.25, -0.2) is 0 Å². The summed E-state index contributed by atoms with van der Waals surface area (Å²) in [5, 5.41) is 2.35. The Balaban J connectivity index is 2.26. The summed E-state index contributed by atoms with van der Waals surface area (Å²) < 4.78 is 5.41. The zero-order valence-electron chi connectivity index (χ0n) is 8.14. The normalized spacial score (nSPS) is 10.1. The minimum absolute atomic E-state index is 0.285. The standard InChI is InChI=1S/C12H11NOS/c13-12(15)8-14-11-6-5-9-3-1-2-4-10(9)7-11/h1-7H,8H2,(H2,13,15). The van der Waals surface area contributed by atoms with E-state index in [0.717, 1.165) is 11.1 Å². The van der Waals surface area contributed by atoms with Crippen molar-refractivity contribution in [2.75, 3.05) is 6.61 Å². The first-order chi connectivity index (χ1) is 7.25. The first-order valence-electron chi connectivity index (χ1n) is 4.65. The lowest BCUT2D eigenvalue weighted by Gasteiger charge is -2.05. The lowest BCUT2D eigenvalue weighted by Crippen LogP contribution is -2.17. The van der Waals surface area contributed by atoms with Crippen molar-refractivity contribution in [2.24, 2.45) is 5.73 Å². The fourth-order valence-electron chi connectivity index (χ4n) is 1.41. The maximum absolute atomic E-state index is 5.41. The van der Waals surface area contributed by atoms with Gasteiger partial charge in [0.1, 0.15) is 17.3 Å². The second kappa shape index (κ2) is 4.28. The van der Waals surface area contributed by atoms with Gasteiger partial charge in [0.05, 0.1) is 0 Å². The van der Waals surface area contributed by atoms with E-state index in [9.17, 15) is 0 Å². The molecule has 2 nitrogen and oxygen atoms in total. The van der Waals surface area contributed by atoms with Crippen LogP contribution in [0.3, 0.4) is 0 Å². The molecule has 0 bridgehead atoms. The molecular weight excluding hydrogens is 206 g/mol. The lowest BCUT2D eigenvalue weighted by atomic mass is 10.1. The molecule has 0 saturated carbocycles. The van der Waals surface area contributed by atoms with Crippen molar-refractivity contribution < 1.29 is 4.74 Å². The molecule has 0 fully saturated rings. The predicted molar refractivity (Wildman–Crippen MR) is 66.2 cm³/mol. The van der Waals surface area contributed by atoms with Crippen LogP contribution in [0.25, 0.3) is 10.8 Å². The van der Waals surface area contributed by atoms with Crippen LogP contribution in [0.1, 0.15) is 0 Å². The molecule has 0 saturated heterocycles. The molecular formula is C12H11NOS. The van der Waals surface area contributed by atoms with Crippen LogP contribution in [0.5, 0.6) is 5.75 Å². The number of hydrogen-bond donors (Lipinski definition) is 1. The van der Waals surface area contributed by atoms with Gasteiger partial charge in [-0.1, -0.05) is 42.5 Å².